The standard InChI is InChI=1S/C24H41N3O2.C12H19Cl/c1-10-13-14-25-19(5)22(21(11-2)12-3)20(6)26-15-16-27(18(4)17-26)23(28)29-24(7,8)9;1-4-6-7-9-12(13)10-11(3)8-5-2/h11,13-14,18H,10,12,15-17H2,1-9H3;6-7,9-10H,4-5,8H2,1-3H3/b14-13+,21-11-,22-20-,25-19+;7-6+,11-10+,12-9+. The van der Waals surface area contributed by atoms with Crippen LogP contribution in [0.15, 0.2) is 75.1 Å². The second-order valence-corrected chi connectivity index (χ2v) is 12.2. The largest absolute Gasteiger partial charge is 0.444 e. The second kappa shape index (κ2) is 21.2. The van der Waals surface area contributed by atoms with Gasteiger partial charge in [-0.3, -0.25) is 4.99 Å². The predicted octanol–water partition coefficient (Wildman–Crippen LogP) is 10.8. The van der Waals surface area contributed by atoms with Gasteiger partial charge in [-0.1, -0.05) is 75.6 Å². The minimum Gasteiger partial charge on any atom is -0.444 e. The lowest BCUT2D eigenvalue weighted by Crippen LogP contribution is -2.54. The summed E-state index contributed by atoms with van der Waals surface area (Å²) in [7, 11) is 0. The molecule has 0 aliphatic carbocycles. The Bertz CT molecular complexity index is 1040. The minimum atomic E-state index is -0.474. The van der Waals surface area contributed by atoms with Crippen molar-refractivity contribution in [3.8, 4) is 0 Å². The smallest absolute Gasteiger partial charge is 0.410 e. The van der Waals surface area contributed by atoms with E-state index >= 15 is 0 Å². The van der Waals surface area contributed by atoms with Gasteiger partial charge < -0.3 is 14.5 Å². The molecule has 1 rings (SSSR count). The van der Waals surface area contributed by atoms with Crippen molar-refractivity contribution in [1.82, 2.24) is 9.80 Å². The van der Waals surface area contributed by atoms with Gasteiger partial charge in [-0.2, -0.15) is 0 Å². The molecule has 1 aliphatic rings. The number of carbonyl (C=O) groups is 1. The van der Waals surface area contributed by atoms with E-state index in [0.717, 1.165) is 49.5 Å². The molecule has 0 bridgehead atoms. The van der Waals surface area contributed by atoms with Crippen LogP contribution in [0.5, 0.6) is 0 Å². The maximum absolute atomic E-state index is 12.5. The second-order valence-electron chi connectivity index (χ2n) is 11.7. The summed E-state index contributed by atoms with van der Waals surface area (Å²) in [4.78, 5) is 21.4. The zero-order valence-corrected chi connectivity index (χ0v) is 29.6. The Labute approximate surface area is 263 Å². The molecule has 1 saturated heterocycles. The van der Waals surface area contributed by atoms with Crippen LogP contribution in [-0.4, -0.2) is 52.9 Å². The molecular formula is C36H60ClN3O2. The van der Waals surface area contributed by atoms with Crippen LogP contribution in [0.3, 0.4) is 0 Å². The van der Waals surface area contributed by atoms with Crippen molar-refractivity contribution in [2.75, 3.05) is 19.6 Å². The number of hydrogen-bond acceptors (Lipinski definition) is 4. The van der Waals surface area contributed by atoms with E-state index in [4.69, 9.17) is 16.3 Å². The summed E-state index contributed by atoms with van der Waals surface area (Å²) in [6.45, 7) is 27.1. The lowest BCUT2D eigenvalue weighted by molar-refractivity contribution is 0.00494. The molecule has 5 nitrogen and oxygen atoms in total. The van der Waals surface area contributed by atoms with E-state index in [1.807, 2.05) is 50.1 Å². The number of halogens is 1. The Morgan fingerprint density at radius 3 is 2.19 bits per heavy atom. The predicted molar refractivity (Wildman–Crippen MR) is 185 cm³/mol. The average molecular weight is 602 g/mol. The van der Waals surface area contributed by atoms with Gasteiger partial charge in [-0.05, 0) is 98.8 Å². The molecular weight excluding hydrogens is 542 g/mol. The lowest BCUT2D eigenvalue weighted by Gasteiger charge is -2.42. The summed E-state index contributed by atoms with van der Waals surface area (Å²) < 4.78 is 5.58. The van der Waals surface area contributed by atoms with Gasteiger partial charge in [0.1, 0.15) is 5.60 Å². The van der Waals surface area contributed by atoms with Crippen molar-refractivity contribution in [2.24, 2.45) is 4.99 Å². The summed E-state index contributed by atoms with van der Waals surface area (Å²) in [6.07, 6.45) is 19.3. The highest BCUT2D eigenvalue weighted by molar-refractivity contribution is 6.31. The van der Waals surface area contributed by atoms with Crippen LogP contribution in [-0.2, 0) is 4.74 Å². The van der Waals surface area contributed by atoms with Gasteiger partial charge in [0.2, 0.25) is 0 Å². The number of nitrogens with zero attached hydrogens (tertiary/aromatic N) is 3. The number of allylic oxidation sites excluding steroid dienone is 11. The fraction of sp³-hybridized carbons (Fsp3) is 0.611. The maximum Gasteiger partial charge on any atom is 0.410 e. The van der Waals surface area contributed by atoms with Crippen LogP contribution in [0, 0.1) is 0 Å². The van der Waals surface area contributed by atoms with Crippen molar-refractivity contribution in [1.29, 1.82) is 0 Å². The number of ether oxygens (including phenoxy) is 1. The third kappa shape index (κ3) is 15.6. The van der Waals surface area contributed by atoms with E-state index < -0.39 is 5.60 Å². The van der Waals surface area contributed by atoms with Crippen LogP contribution in [0.1, 0.15) is 115 Å². The van der Waals surface area contributed by atoms with Crippen LogP contribution < -0.4 is 0 Å². The van der Waals surface area contributed by atoms with Crippen molar-refractivity contribution in [3.63, 3.8) is 0 Å². The third-order valence-corrected chi connectivity index (χ3v) is 7.00. The van der Waals surface area contributed by atoms with E-state index in [2.05, 4.69) is 90.4 Å². The van der Waals surface area contributed by atoms with E-state index in [1.165, 1.54) is 28.8 Å². The molecule has 0 aromatic rings. The molecule has 0 aromatic carbocycles. The molecule has 1 heterocycles. The first-order valence-corrected chi connectivity index (χ1v) is 16.1. The molecule has 0 spiro atoms. The molecule has 1 unspecified atom stereocenters. The number of amides is 1. The molecule has 0 N–H and O–H groups in total. The fourth-order valence-corrected chi connectivity index (χ4v) is 4.90. The zero-order valence-electron chi connectivity index (χ0n) is 28.8. The summed E-state index contributed by atoms with van der Waals surface area (Å²) in [5.41, 5.74) is 5.64. The number of rotatable bonds is 11. The van der Waals surface area contributed by atoms with Crippen molar-refractivity contribution in [2.45, 2.75) is 127 Å². The highest BCUT2D eigenvalue weighted by Gasteiger charge is 2.31. The quantitative estimate of drug-likeness (QED) is 0.175. The third-order valence-electron chi connectivity index (χ3n) is 6.77. The average Bonchev–Trinajstić information content (AvgIpc) is 2.90. The van der Waals surface area contributed by atoms with E-state index in [0.29, 0.717) is 6.54 Å². The molecule has 238 valence electrons. The summed E-state index contributed by atoms with van der Waals surface area (Å²) in [6, 6.07) is 0.0858. The number of carbonyl (C=O) groups excluding carboxylic acids is 1. The fourth-order valence-electron chi connectivity index (χ4n) is 4.64. The molecule has 1 amide bonds. The van der Waals surface area contributed by atoms with Gasteiger partial charge in [0.05, 0.1) is 0 Å². The van der Waals surface area contributed by atoms with Crippen molar-refractivity contribution < 1.29 is 9.53 Å². The van der Waals surface area contributed by atoms with Gasteiger partial charge in [0, 0.05) is 53.9 Å². The number of hydrogen-bond donors (Lipinski definition) is 0. The molecule has 1 fully saturated rings. The number of aliphatic imine (C=N–C) groups is 1. The summed E-state index contributed by atoms with van der Waals surface area (Å²) in [5, 5.41) is 0.815. The Hall–Kier alpha value is -2.53. The molecule has 6 heteroatoms. The summed E-state index contributed by atoms with van der Waals surface area (Å²) >= 11 is 5.98. The molecule has 1 atom stereocenters. The van der Waals surface area contributed by atoms with Crippen LogP contribution in [0.25, 0.3) is 0 Å². The van der Waals surface area contributed by atoms with E-state index in [9.17, 15) is 4.79 Å². The Balaban J connectivity index is 0.00000108. The van der Waals surface area contributed by atoms with Gasteiger partial charge in [-0.25, -0.2) is 4.79 Å². The molecule has 0 aromatic heterocycles. The van der Waals surface area contributed by atoms with E-state index in [-0.39, 0.29) is 12.1 Å². The normalized spacial score (nSPS) is 18.4. The lowest BCUT2D eigenvalue weighted by atomic mass is 9.96. The Kier molecular flexibility index (Phi) is 19.9. The molecule has 42 heavy (non-hydrogen) atoms. The summed E-state index contributed by atoms with van der Waals surface area (Å²) in [5.74, 6) is 0. The highest BCUT2D eigenvalue weighted by atomic mass is 35.5. The maximum atomic E-state index is 12.5. The van der Waals surface area contributed by atoms with Gasteiger partial charge >= 0.3 is 6.09 Å². The monoisotopic (exact) mass is 601 g/mol. The first kappa shape index (κ1) is 39.5. The zero-order chi connectivity index (χ0) is 32.3. The topological polar surface area (TPSA) is 45.1 Å². The molecule has 1 aliphatic heterocycles. The van der Waals surface area contributed by atoms with Gasteiger partial charge in [0.25, 0.3) is 0 Å². The van der Waals surface area contributed by atoms with Crippen molar-refractivity contribution >= 4 is 23.4 Å². The Morgan fingerprint density at radius 2 is 1.69 bits per heavy atom. The van der Waals surface area contributed by atoms with Gasteiger partial charge in [0.15, 0.2) is 0 Å². The first-order valence-electron chi connectivity index (χ1n) is 15.8. The minimum absolute atomic E-state index is 0.0858. The first-order chi connectivity index (χ1) is 19.8. The highest BCUT2D eigenvalue weighted by Crippen LogP contribution is 2.25. The van der Waals surface area contributed by atoms with E-state index in [1.54, 1.807) is 0 Å². The van der Waals surface area contributed by atoms with Crippen LogP contribution in [0.2, 0.25) is 0 Å². The van der Waals surface area contributed by atoms with Crippen molar-refractivity contribution in [3.05, 3.63) is 70.1 Å². The SMILES string of the molecule is CC/C=C/C=C(Cl)\C=C(/C)CCC.C\C=C(CC)/C(C(/C)=N/C=C/CC)=C(/C)N1CCN(C(=O)OC(C)(C)C)C(C)C1. The number of piperazine rings is 1. The Morgan fingerprint density at radius 1 is 1.05 bits per heavy atom. The molecule has 0 radical (unpaired) electrons. The van der Waals surface area contributed by atoms with Crippen LogP contribution in [0.4, 0.5) is 4.79 Å². The van der Waals surface area contributed by atoms with Crippen LogP contribution >= 0.6 is 11.6 Å². The van der Waals surface area contributed by atoms with Gasteiger partial charge in [-0.15, -0.1) is 0 Å². The molecule has 0 saturated carbocycles.